The number of hydrogen-bond donors (Lipinski definition) is 0. The SMILES string of the molecule is O=c1c2ccsc2nc(SCc2nccn2C(F)F)n1-c1ccccc1. The quantitative estimate of drug-likeness (QED) is 0.376. The van der Waals surface area contributed by atoms with Gasteiger partial charge in [0, 0.05) is 12.4 Å². The van der Waals surface area contributed by atoms with Gasteiger partial charge in [0.15, 0.2) is 5.16 Å². The summed E-state index contributed by atoms with van der Waals surface area (Å²) < 4.78 is 28.3. The first-order chi connectivity index (χ1) is 12.6. The lowest BCUT2D eigenvalue weighted by Gasteiger charge is -2.12. The van der Waals surface area contributed by atoms with E-state index in [4.69, 9.17) is 0 Å². The molecule has 4 aromatic rings. The molecule has 3 aromatic heterocycles. The number of halogens is 2. The maximum absolute atomic E-state index is 13.0. The molecule has 0 atom stereocenters. The van der Waals surface area contributed by atoms with Crippen LogP contribution >= 0.6 is 23.1 Å². The van der Waals surface area contributed by atoms with E-state index in [0.29, 0.717) is 21.1 Å². The Morgan fingerprint density at radius 1 is 1.19 bits per heavy atom. The van der Waals surface area contributed by atoms with Crippen LogP contribution in [0, 0.1) is 0 Å². The highest BCUT2D eigenvalue weighted by Crippen LogP contribution is 2.26. The number of thioether (sulfide) groups is 1. The van der Waals surface area contributed by atoms with Gasteiger partial charge in [0.05, 0.1) is 16.8 Å². The maximum Gasteiger partial charge on any atom is 0.319 e. The summed E-state index contributed by atoms with van der Waals surface area (Å²) in [5.74, 6) is 0.401. The van der Waals surface area contributed by atoms with Crippen LogP contribution in [0.1, 0.15) is 12.4 Å². The second-order valence-electron chi connectivity index (χ2n) is 5.33. The monoisotopic (exact) mass is 390 g/mol. The van der Waals surface area contributed by atoms with Gasteiger partial charge in [-0.25, -0.2) is 9.97 Å². The molecule has 0 aliphatic rings. The van der Waals surface area contributed by atoms with Crippen LogP contribution in [-0.2, 0) is 5.75 Å². The maximum atomic E-state index is 13.0. The van der Waals surface area contributed by atoms with Crippen molar-refractivity contribution in [1.82, 2.24) is 19.1 Å². The van der Waals surface area contributed by atoms with Crippen molar-refractivity contribution in [3.8, 4) is 5.69 Å². The van der Waals surface area contributed by atoms with Crippen LogP contribution in [0.2, 0.25) is 0 Å². The number of aromatic nitrogens is 4. The summed E-state index contributed by atoms with van der Waals surface area (Å²) >= 11 is 2.58. The van der Waals surface area contributed by atoms with Gasteiger partial charge in [0.2, 0.25) is 0 Å². The number of nitrogens with zero attached hydrogens (tertiary/aromatic N) is 4. The van der Waals surface area contributed by atoms with Crippen LogP contribution in [0.15, 0.2) is 64.1 Å². The van der Waals surface area contributed by atoms with Crippen molar-refractivity contribution in [1.29, 1.82) is 0 Å². The highest BCUT2D eigenvalue weighted by molar-refractivity contribution is 7.98. The average Bonchev–Trinajstić information content (AvgIpc) is 3.30. The lowest BCUT2D eigenvalue weighted by molar-refractivity contribution is 0.0678. The third-order valence-electron chi connectivity index (χ3n) is 3.77. The van der Waals surface area contributed by atoms with Crippen LogP contribution < -0.4 is 5.56 Å². The Morgan fingerprint density at radius 2 is 2.00 bits per heavy atom. The minimum atomic E-state index is -2.66. The van der Waals surface area contributed by atoms with E-state index in [1.807, 2.05) is 35.7 Å². The fraction of sp³-hybridized carbons (Fsp3) is 0.118. The van der Waals surface area contributed by atoms with Crippen molar-refractivity contribution < 1.29 is 8.78 Å². The topological polar surface area (TPSA) is 52.7 Å². The molecule has 132 valence electrons. The molecule has 0 saturated heterocycles. The van der Waals surface area contributed by atoms with E-state index in [9.17, 15) is 13.6 Å². The minimum Gasteiger partial charge on any atom is -0.277 e. The fourth-order valence-electron chi connectivity index (χ4n) is 2.56. The molecular formula is C17H12F2N4OS2. The van der Waals surface area contributed by atoms with E-state index < -0.39 is 6.55 Å². The zero-order valence-electron chi connectivity index (χ0n) is 13.3. The van der Waals surface area contributed by atoms with Crippen molar-refractivity contribution in [2.24, 2.45) is 0 Å². The molecule has 0 aliphatic heterocycles. The van der Waals surface area contributed by atoms with Gasteiger partial charge in [0.25, 0.3) is 5.56 Å². The van der Waals surface area contributed by atoms with Crippen molar-refractivity contribution in [2.75, 3.05) is 0 Å². The Morgan fingerprint density at radius 3 is 2.77 bits per heavy atom. The predicted molar refractivity (Wildman–Crippen MR) is 98.3 cm³/mol. The van der Waals surface area contributed by atoms with Gasteiger partial charge >= 0.3 is 6.55 Å². The summed E-state index contributed by atoms with van der Waals surface area (Å²) in [5.41, 5.74) is 0.500. The van der Waals surface area contributed by atoms with E-state index in [1.165, 1.54) is 40.1 Å². The number of fused-ring (bicyclic) bond motifs is 1. The number of benzene rings is 1. The average molecular weight is 390 g/mol. The molecule has 0 radical (unpaired) electrons. The number of rotatable bonds is 5. The van der Waals surface area contributed by atoms with Crippen LogP contribution in [-0.4, -0.2) is 19.1 Å². The van der Waals surface area contributed by atoms with E-state index in [1.54, 1.807) is 6.07 Å². The van der Waals surface area contributed by atoms with Crippen LogP contribution in [0.25, 0.3) is 15.9 Å². The number of para-hydroxylation sites is 1. The van der Waals surface area contributed by atoms with Gasteiger partial charge < -0.3 is 0 Å². The van der Waals surface area contributed by atoms with Crippen molar-refractivity contribution in [3.63, 3.8) is 0 Å². The third-order valence-corrected chi connectivity index (χ3v) is 5.51. The van der Waals surface area contributed by atoms with Gasteiger partial charge in [-0.2, -0.15) is 8.78 Å². The Balaban J connectivity index is 1.78. The molecule has 26 heavy (non-hydrogen) atoms. The van der Waals surface area contributed by atoms with Gasteiger partial charge in [0.1, 0.15) is 10.7 Å². The van der Waals surface area contributed by atoms with Crippen molar-refractivity contribution in [3.05, 3.63) is 70.4 Å². The number of alkyl halides is 2. The molecule has 0 bridgehead atoms. The van der Waals surface area contributed by atoms with E-state index in [-0.39, 0.29) is 17.1 Å². The molecule has 9 heteroatoms. The first-order valence-corrected chi connectivity index (χ1v) is 9.50. The van der Waals surface area contributed by atoms with E-state index in [0.717, 1.165) is 4.57 Å². The highest BCUT2D eigenvalue weighted by atomic mass is 32.2. The first kappa shape index (κ1) is 16.9. The number of thiophene rings is 1. The molecule has 0 spiro atoms. The van der Waals surface area contributed by atoms with Crippen molar-refractivity contribution >= 4 is 33.3 Å². The van der Waals surface area contributed by atoms with Crippen LogP contribution in [0.4, 0.5) is 8.78 Å². The van der Waals surface area contributed by atoms with Gasteiger partial charge in [-0.05, 0) is 23.6 Å². The minimum absolute atomic E-state index is 0.174. The molecule has 3 heterocycles. The Kier molecular flexibility index (Phi) is 4.56. The molecule has 5 nitrogen and oxygen atoms in total. The zero-order valence-corrected chi connectivity index (χ0v) is 14.9. The smallest absolute Gasteiger partial charge is 0.277 e. The summed E-state index contributed by atoms with van der Waals surface area (Å²) in [5, 5.41) is 2.80. The second-order valence-corrected chi connectivity index (χ2v) is 7.16. The summed E-state index contributed by atoms with van der Waals surface area (Å²) in [6.07, 6.45) is 2.57. The Bertz CT molecular complexity index is 1100. The molecule has 0 amide bonds. The van der Waals surface area contributed by atoms with Crippen LogP contribution in [0.5, 0.6) is 0 Å². The van der Waals surface area contributed by atoms with Crippen molar-refractivity contribution in [2.45, 2.75) is 17.5 Å². The summed E-state index contributed by atoms with van der Waals surface area (Å²) in [6, 6.07) is 10.9. The number of imidazole rings is 1. The van der Waals surface area contributed by atoms with E-state index >= 15 is 0 Å². The number of hydrogen-bond acceptors (Lipinski definition) is 5. The molecule has 0 N–H and O–H groups in total. The summed E-state index contributed by atoms with van der Waals surface area (Å²) in [7, 11) is 0. The predicted octanol–water partition coefficient (Wildman–Crippen LogP) is 4.33. The molecule has 0 fully saturated rings. The lowest BCUT2D eigenvalue weighted by Crippen LogP contribution is -2.21. The lowest BCUT2D eigenvalue weighted by atomic mass is 10.3. The molecule has 0 saturated carbocycles. The summed E-state index contributed by atoms with van der Waals surface area (Å²) in [6.45, 7) is -2.66. The highest BCUT2D eigenvalue weighted by Gasteiger charge is 2.17. The Labute approximate surface area is 155 Å². The Hall–Kier alpha value is -2.52. The largest absolute Gasteiger partial charge is 0.319 e. The normalized spacial score (nSPS) is 11.5. The third kappa shape index (κ3) is 3.04. The summed E-state index contributed by atoms with van der Waals surface area (Å²) in [4.78, 5) is 22.1. The molecule has 0 aliphatic carbocycles. The van der Waals surface area contributed by atoms with E-state index in [2.05, 4.69) is 9.97 Å². The molecule has 1 aromatic carbocycles. The first-order valence-electron chi connectivity index (χ1n) is 7.63. The second kappa shape index (κ2) is 7.00. The standard InChI is InChI=1S/C17H12F2N4OS2/c18-16(19)22-8-7-20-13(22)10-26-17-21-14-12(6-9-25-14)15(24)23(17)11-4-2-1-3-5-11/h1-9,16H,10H2. The molecule has 0 unspecified atom stereocenters. The fourth-order valence-corrected chi connectivity index (χ4v) is 4.33. The van der Waals surface area contributed by atoms with Gasteiger partial charge in [-0.1, -0.05) is 30.0 Å². The molecule has 4 rings (SSSR count). The van der Waals surface area contributed by atoms with Crippen LogP contribution in [0.3, 0.4) is 0 Å². The molecular weight excluding hydrogens is 378 g/mol. The van der Waals surface area contributed by atoms with Gasteiger partial charge in [-0.15, -0.1) is 11.3 Å². The zero-order chi connectivity index (χ0) is 18.1. The van der Waals surface area contributed by atoms with Gasteiger partial charge in [-0.3, -0.25) is 13.9 Å².